The van der Waals surface area contributed by atoms with Crippen molar-refractivity contribution in [3.05, 3.63) is 65.2 Å². The first-order valence-corrected chi connectivity index (χ1v) is 10.3. The molecule has 0 radical (unpaired) electrons. The van der Waals surface area contributed by atoms with Crippen molar-refractivity contribution < 1.29 is 4.79 Å². The van der Waals surface area contributed by atoms with E-state index in [4.69, 9.17) is 4.98 Å². The van der Waals surface area contributed by atoms with Crippen molar-refractivity contribution in [1.82, 2.24) is 9.88 Å². The topological polar surface area (TPSA) is 36.4 Å². The molecule has 0 fully saturated rings. The van der Waals surface area contributed by atoms with Gasteiger partial charge < -0.3 is 4.90 Å². The fourth-order valence-corrected chi connectivity index (χ4v) is 4.19. The van der Waals surface area contributed by atoms with Crippen molar-refractivity contribution in [2.75, 3.05) is 32.1 Å². The van der Waals surface area contributed by atoms with E-state index in [1.165, 1.54) is 11.1 Å². The molecule has 1 amide bonds. The second-order valence-corrected chi connectivity index (χ2v) is 8.29. The first-order chi connectivity index (χ1) is 13.4. The summed E-state index contributed by atoms with van der Waals surface area (Å²) < 4.78 is 1.15. The van der Waals surface area contributed by atoms with E-state index in [0.29, 0.717) is 6.54 Å². The molecule has 0 atom stereocenters. The van der Waals surface area contributed by atoms with E-state index >= 15 is 0 Å². The van der Waals surface area contributed by atoms with Crippen molar-refractivity contribution in [3.8, 4) is 0 Å². The Hall–Kier alpha value is -2.21. The van der Waals surface area contributed by atoms with Gasteiger partial charge in [-0.1, -0.05) is 47.7 Å². The van der Waals surface area contributed by atoms with E-state index in [9.17, 15) is 4.79 Å². The van der Waals surface area contributed by atoms with Crippen molar-refractivity contribution >= 4 is 51.1 Å². The second-order valence-electron chi connectivity index (χ2n) is 7.32. The Morgan fingerprint density at radius 2 is 1.83 bits per heavy atom. The summed E-state index contributed by atoms with van der Waals surface area (Å²) in [6, 6.07) is 14.1. The van der Waals surface area contributed by atoms with Crippen LogP contribution in [0.4, 0.5) is 5.13 Å². The highest BCUT2D eigenvalue weighted by atomic mass is 35.5. The average Bonchev–Trinajstić information content (AvgIpc) is 3.08. The largest absolute Gasteiger partial charge is 0.309 e. The van der Waals surface area contributed by atoms with E-state index in [1.807, 2.05) is 55.4 Å². The number of benzene rings is 2. The Morgan fingerprint density at radius 1 is 1.10 bits per heavy atom. The predicted octanol–water partition coefficient (Wildman–Crippen LogP) is 5.33. The van der Waals surface area contributed by atoms with Crippen LogP contribution in [0.1, 0.15) is 23.1 Å². The third-order valence-electron chi connectivity index (χ3n) is 4.51. The van der Waals surface area contributed by atoms with Gasteiger partial charge in [0.25, 0.3) is 5.91 Å². The van der Waals surface area contributed by atoms with Crippen molar-refractivity contribution in [2.45, 2.75) is 20.3 Å². The molecule has 0 aliphatic carbocycles. The van der Waals surface area contributed by atoms with E-state index in [1.54, 1.807) is 17.4 Å². The molecular weight excluding hydrogens is 402 g/mol. The quantitative estimate of drug-likeness (QED) is 0.476. The molecule has 4 nitrogen and oxygen atoms in total. The van der Waals surface area contributed by atoms with E-state index in [2.05, 4.69) is 30.9 Å². The summed E-state index contributed by atoms with van der Waals surface area (Å²) in [6.07, 6.45) is 4.41. The molecular formula is C23H28ClN3OS. The number of nitrogens with zero attached hydrogens (tertiary/aromatic N) is 3. The van der Waals surface area contributed by atoms with Crippen LogP contribution in [0.3, 0.4) is 0 Å². The second kappa shape index (κ2) is 10.5. The van der Waals surface area contributed by atoms with Crippen molar-refractivity contribution in [2.24, 2.45) is 0 Å². The Balaban J connectivity index is 0.00000300. The summed E-state index contributed by atoms with van der Waals surface area (Å²) in [4.78, 5) is 21.7. The lowest BCUT2D eigenvalue weighted by molar-refractivity contribution is -0.114. The van der Waals surface area contributed by atoms with Crippen LogP contribution in [0, 0.1) is 13.8 Å². The lowest BCUT2D eigenvalue weighted by Crippen LogP contribution is -2.32. The van der Waals surface area contributed by atoms with Gasteiger partial charge in [-0.25, -0.2) is 4.98 Å². The van der Waals surface area contributed by atoms with Crippen LogP contribution in [-0.4, -0.2) is 43.0 Å². The van der Waals surface area contributed by atoms with Gasteiger partial charge >= 0.3 is 0 Å². The minimum Gasteiger partial charge on any atom is -0.309 e. The molecule has 0 saturated carbocycles. The third kappa shape index (κ3) is 6.13. The summed E-state index contributed by atoms with van der Waals surface area (Å²) in [5.74, 6) is -0.0314. The smallest absolute Gasteiger partial charge is 0.252 e. The number of rotatable bonds is 7. The zero-order chi connectivity index (χ0) is 20.1. The van der Waals surface area contributed by atoms with Gasteiger partial charge in [0.1, 0.15) is 0 Å². The first-order valence-electron chi connectivity index (χ1n) is 9.51. The summed E-state index contributed by atoms with van der Waals surface area (Å²) in [5.41, 5.74) is 4.38. The molecule has 2 aromatic carbocycles. The van der Waals surface area contributed by atoms with Gasteiger partial charge in [-0.15, -0.1) is 12.4 Å². The number of hydrogen-bond acceptors (Lipinski definition) is 4. The monoisotopic (exact) mass is 429 g/mol. The van der Waals surface area contributed by atoms with Gasteiger partial charge in [-0.05, 0) is 69.7 Å². The SMILES string of the molecule is Cc1cc(C)c2sc(N(CCCN(C)C)C(=O)C=Cc3ccccc3)nc2c1.Cl. The van der Waals surface area contributed by atoms with Crippen LogP contribution in [-0.2, 0) is 4.79 Å². The molecule has 0 bridgehead atoms. The number of aromatic nitrogens is 1. The molecule has 0 N–H and O–H groups in total. The first kappa shape index (κ1) is 23.1. The Kier molecular flexibility index (Phi) is 8.38. The minimum atomic E-state index is -0.0314. The van der Waals surface area contributed by atoms with E-state index in [0.717, 1.165) is 33.9 Å². The lowest BCUT2D eigenvalue weighted by Gasteiger charge is -2.19. The highest BCUT2D eigenvalue weighted by molar-refractivity contribution is 7.22. The highest BCUT2D eigenvalue weighted by Gasteiger charge is 2.18. The molecule has 154 valence electrons. The molecule has 3 aromatic rings. The van der Waals surface area contributed by atoms with Gasteiger partial charge in [-0.2, -0.15) is 0 Å². The van der Waals surface area contributed by atoms with Gasteiger partial charge in [-0.3, -0.25) is 9.69 Å². The van der Waals surface area contributed by atoms with Crippen molar-refractivity contribution in [1.29, 1.82) is 0 Å². The highest BCUT2D eigenvalue weighted by Crippen LogP contribution is 2.32. The number of amides is 1. The molecule has 0 unspecified atom stereocenters. The minimum absolute atomic E-state index is 0. The van der Waals surface area contributed by atoms with Crippen LogP contribution in [0.15, 0.2) is 48.5 Å². The fourth-order valence-electron chi connectivity index (χ4n) is 3.15. The Bertz CT molecular complexity index is 982. The number of carbonyl (C=O) groups is 1. The lowest BCUT2D eigenvalue weighted by atomic mass is 10.1. The average molecular weight is 430 g/mol. The molecule has 1 heterocycles. The van der Waals surface area contributed by atoms with Crippen LogP contribution < -0.4 is 4.90 Å². The summed E-state index contributed by atoms with van der Waals surface area (Å²) in [6.45, 7) is 5.75. The maximum Gasteiger partial charge on any atom is 0.252 e. The summed E-state index contributed by atoms with van der Waals surface area (Å²) >= 11 is 1.60. The Labute approximate surface area is 183 Å². The number of fused-ring (bicyclic) bond motifs is 1. The van der Waals surface area contributed by atoms with Crippen LogP contribution in [0.25, 0.3) is 16.3 Å². The molecule has 3 rings (SSSR count). The number of anilines is 1. The standard InChI is InChI=1S/C23H27N3OS.ClH/c1-17-15-18(2)22-20(16-17)24-23(28-22)26(14-8-13-25(3)4)21(27)12-11-19-9-6-5-7-10-19;/h5-7,9-12,15-16H,8,13-14H2,1-4H3;1H. The zero-order valence-electron chi connectivity index (χ0n) is 17.4. The zero-order valence-corrected chi connectivity index (χ0v) is 19.0. The van der Waals surface area contributed by atoms with Crippen molar-refractivity contribution in [3.63, 3.8) is 0 Å². The maximum atomic E-state index is 13.0. The molecule has 29 heavy (non-hydrogen) atoms. The summed E-state index contributed by atoms with van der Waals surface area (Å²) in [7, 11) is 4.09. The molecule has 1 aromatic heterocycles. The molecule has 0 aliphatic heterocycles. The molecule has 6 heteroatoms. The number of halogens is 1. The molecule has 0 spiro atoms. The molecule has 0 saturated heterocycles. The van der Waals surface area contributed by atoms with E-state index < -0.39 is 0 Å². The number of thiazole rings is 1. The third-order valence-corrected chi connectivity index (χ3v) is 5.74. The Morgan fingerprint density at radius 3 is 2.52 bits per heavy atom. The van der Waals surface area contributed by atoms with E-state index in [-0.39, 0.29) is 18.3 Å². The van der Waals surface area contributed by atoms with Crippen LogP contribution in [0.2, 0.25) is 0 Å². The van der Waals surface area contributed by atoms with Crippen LogP contribution >= 0.6 is 23.7 Å². The number of hydrogen-bond donors (Lipinski definition) is 0. The molecule has 0 aliphatic rings. The van der Waals surface area contributed by atoms with Gasteiger partial charge in [0.2, 0.25) is 0 Å². The fraction of sp³-hybridized carbons (Fsp3) is 0.304. The summed E-state index contributed by atoms with van der Waals surface area (Å²) in [5, 5.41) is 0.769. The number of aryl methyl sites for hydroxylation is 2. The van der Waals surface area contributed by atoms with Gasteiger partial charge in [0.05, 0.1) is 10.2 Å². The van der Waals surface area contributed by atoms with Crippen LogP contribution in [0.5, 0.6) is 0 Å². The maximum absolute atomic E-state index is 13.0. The number of carbonyl (C=O) groups excluding carboxylic acids is 1. The predicted molar refractivity (Wildman–Crippen MR) is 127 cm³/mol. The van der Waals surface area contributed by atoms with Gasteiger partial charge in [0.15, 0.2) is 5.13 Å². The normalized spacial score (nSPS) is 11.2. The van der Waals surface area contributed by atoms with Gasteiger partial charge in [0, 0.05) is 12.6 Å².